The molecule has 4 rings (SSSR count). The Bertz CT molecular complexity index is 907. The number of nitrogens with zero attached hydrogens (tertiary/aromatic N) is 3. The maximum absolute atomic E-state index is 12.7. The Kier molecular flexibility index (Phi) is 5.18. The van der Waals surface area contributed by atoms with Crippen LogP contribution in [0.3, 0.4) is 0 Å². The van der Waals surface area contributed by atoms with E-state index in [1.54, 1.807) is 0 Å². The zero-order valence-corrected chi connectivity index (χ0v) is 15.5. The molecule has 1 aliphatic heterocycles. The summed E-state index contributed by atoms with van der Waals surface area (Å²) in [4.78, 5) is 19.0. The van der Waals surface area contributed by atoms with Crippen LogP contribution in [-0.4, -0.2) is 46.0 Å². The lowest BCUT2D eigenvalue weighted by Gasteiger charge is -2.20. The van der Waals surface area contributed by atoms with E-state index in [1.807, 2.05) is 54.7 Å². The number of likely N-dealkylation sites (N-methyl/N-ethyl adjacent to an activating group) is 1. The molecule has 2 atom stereocenters. The van der Waals surface area contributed by atoms with Gasteiger partial charge < -0.3 is 9.47 Å². The molecule has 2 unspecified atom stereocenters. The van der Waals surface area contributed by atoms with Crippen LogP contribution in [0.2, 0.25) is 0 Å². The number of amides is 1. The SMILES string of the molecule is CN(CCc1ccccc1)C(=O)C1CC(Cn2cnc3ccccc32)NN1. The number of carbonyl (C=O) groups excluding carboxylic acids is 1. The summed E-state index contributed by atoms with van der Waals surface area (Å²) >= 11 is 0. The van der Waals surface area contributed by atoms with E-state index in [-0.39, 0.29) is 18.0 Å². The molecule has 6 heteroatoms. The molecule has 2 aromatic carbocycles. The van der Waals surface area contributed by atoms with Crippen molar-refractivity contribution >= 4 is 16.9 Å². The van der Waals surface area contributed by atoms with Crippen LogP contribution in [-0.2, 0) is 17.8 Å². The number of fused-ring (bicyclic) bond motifs is 1. The highest BCUT2D eigenvalue weighted by Gasteiger charge is 2.31. The normalized spacial score (nSPS) is 19.4. The predicted molar refractivity (Wildman–Crippen MR) is 106 cm³/mol. The highest BCUT2D eigenvalue weighted by molar-refractivity contribution is 5.82. The Balaban J connectivity index is 1.31. The van der Waals surface area contributed by atoms with Gasteiger partial charge in [0.1, 0.15) is 6.04 Å². The molecule has 0 bridgehead atoms. The van der Waals surface area contributed by atoms with Gasteiger partial charge in [0.15, 0.2) is 0 Å². The number of hydrogen-bond acceptors (Lipinski definition) is 4. The molecular formula is C21H25N5O. The van der Waals surface area contributed by atoms with Crippen LogP contribution in [0.1, 0.15) is 12.0 Å². The first kappa shape index (κ1) is 17.7. The predicted octanol–water partition coefficient (Wildman–Crippen LogP) is 1.97. The van der Waals surface area contributed by atoms with Crippen molar-refractivity contribution in [3.8, 4) is 0 Å². The third kappa shape index (κ3) is 4.02. The van der Waals surface area contributed by atoms with Crippen LogP contribution in [0.25, 0.3) is 11.0 Å². The third-order valence-electron chi connectivity index (χ3n) is 5.18. The number of imidazole rings is 1. The van der Waals surface area contributed by atoms with E-state index in [1.165, 1.54) is 5.56 Å². The second kappa shape index (κ2) is 7.90. The van der Waals surface area contributed by atoms with Gasteiger partial charge in [-0.05, 0) is 30.5 Å². The topological polar surface area (TPSA) is 62.2 Å². The van der Waals surface area contributed by atoms with Crippen molar-refractivity contribution < 1.29 is 4.79 Å². The molecule has 0 aliphatic carbocycles. The standard InChI is InChI=1S/C21H25N5O/c1-25(12-11-16-7-3-2-4-8-16)21(27)19-13-17(23-24-19)14-26-15-22-18-9-5-6-10-20(18)26/h2-10,15,17,19,23-24H,11-14H2,1H3. The quantitative estimate of drug-likeness (QED) is 0.703. The maximum atomic E-state index is 12.7. The van der Waals surface area contributed by atoms with Gasteiger partial charge in [0.25, 0.3) is 0 Å². The van der Waals surface area contributed by atoms with Gasteiger partial charge >= 0.3 is 0 Å². The molecule has 6 nitrogen and oxygen atoms in total. The molecule has 1 fully saturated rings. The highest BCUT2D eigenvalue weighted by Crippen LogP contribution is 2.15. The van der Waals surface area contributed by atoms with Crippen molar-refractivity contribution in [2.24, 2.45) is 0 Å². The van der Waals surface area contributed by atoms with Gasteiger partial charge in [-0.15, -0.1) is 0 Å². The first-order chi connectivity index (χ1) is 13.2. The minimum absolute atomic E-state index is 0.136. The number of rotatable bonds is 6. The summed E-state index contributed by atoms with van der Waals surface area (Å²) in [5.74, 6) is 0.136. The Labute approximate surface area is 159 Å². The first-order valence-corrected chi connectivity index (χ1v) is 9.40. The van der Waals surface area contributed by atoms with Gasteiger partial charge in [0.05, 0.1) is 17.4 Å². The lowest BCUT2D eigenvalue weighted by Crippen LogP contribution is -2.44. The maximum Gasteiger partial charge on any atom is 0.240 e. The third-order valence-corrected chi connectivity index (χ3v) is 5.18. The molecule has 3 aromatic rings. The minimum atomic E-state index is -0.189. The Hall–Kier alpha value is -2.70. The zero-order chi connectivity index (χ0) is 18.6. The van der Waals surface area contributed by atoms with E-state index >= 15 is 0 Å². The molecule has 140 valence electrons. The van der Waals surface area contributed by atoms with E-state index in [0.717, 1.165) is 37.0 Å². The van der Waals surface area contributed by atoms with Crippen LogP contribution < -0.4 is 10.9 Å². The van der Waals surface area contributed by atoms with Gasteiger partial charge in [-0.2, -0.15) is 0 Å². The minimum Gasteiger partial charge on any atom is -0.344 e. The number of nitrogens with one attached hydrogen (secondary N) is 2. The Morgan fingerprint density at radius 3 is 2.78 bits per heavy atom. The van der Waals surface area contributed by atoms with Crippen molar-refractivity contribution in [3.63, 3.8) is 0 Å². The van der Waals surface area contributed by atoms with E-state index in [0.29, 0.717) is 0 Å². The highest BCUT2D eigenvalue weighted by atomic mass is 16.2. The smallest absolute Gasteiger partial charge is 0.240 e. The molecule has 27 heavy (non-hydrogen) atoms. The molecule has 0 spiro atoms. The second-order valence-corrected chi connectivity index (χ2v) is 7.15. The van der Waals surface area contributed by atoms with Crippen molar-refractivity contribution in [2.45, 2.75) is 31.5 Å². The zero-order valence-electron chi connectivity index (χ0n) is 15.5. The summed E-state index contributed by atoms with van der Waals surface area (Å²) in [6, 6.07) is 18.4. The number of benzene rings is 2. The molecule has 2 heterocycles. The fraction of sp³-hybridized carbons (Fsp3) is 0.333. The van der Waals surface area contributed by atoms with E-state index in [4.69, 9.17) is 0 Å². The number of hydrogen-bond donors (Lipinski definition) is 2. The second-order valence-electron chi connectivity index (χ2n) is 7.15. The summed E-state index contributed by atoms with van der Waals surface area (Å²) in [5, 5.41) is 0. The molecule has 1 aliphatic rings. The summed E-state index contributed by atoms with van der Waals surface area (Å²) in [5.41, 5.74) is 9.81. The first-order valence-electron chi connectivity index (χ1n) is 9.40. The number of hydrazine groups is 1. The largest absolute Gasteiger partial charge is 0.344 e. The van der Waals surface area contributed by atoms with Crippen LogP contribution in [0.15, 0.2) is 60.9 Å². The van der Waals surface area contributed by atoms with Crippen LogP contribution >= 0.6 is 0 Å². The molecule has 1 amide bonds. The van der Waals surface area contributed by atoms with Crippen molar-refractivity contribution in [2.75, 3.05) is 13.6 Å². The lowest BCUT2D eigenvalue weighted by atomic mass is 10.1. The van der Waals surface area contributed by atoms with Crippen molar-refractivity contribution in [1.82, 2.24) is 25.3 Å². The van der Waals surface area contributed by atoms with Gasteiger partial charge in [-0.3, -0.25) is 10.2 Å². The summed E-state index contributed by atoms with van der Waals surface area (Å²) in [7, 11) is 1.88. The van der Waals surface area contributed by atoms with E-state index in [2.05, 4.69) is 38.6 Å². The average Bonchev–Trinajstić information content (AvgIpc) is 3.34. The Morgan fingerprint density at radius 2 is 1.93 bits per heavy atom. The molecule has 0 radical (unpaired) electrons. The average molecular weight is 363 g/mol. The summed E-state index contributed by atoms with van der Waals surface area (Å²) in [6.45, 7) is 1.50. The van der Waals surface area contributed by atoms with Crippen LogP contribution in [0.4, 0.5) is 0 Å². The molecule has 2 N–H and O–H groups in total. The van der Waals surface area contributed by atoms with Crippen molar-refractivity contribution in [3.05, 3.63) is 66.5 Å². The van der Waals surface area contributed by atoms with E-state index in [9.17, 15) is 4.79 Å². The molecule has 1 saturated heterocycles. The lowest BCUT2D eigenvalue weighted by molar-refractivity contribution is -0.131. The molecule has 0 saturated carbocycles. The van der Waals surface area contributed by atoms with Gasteiger partial charge in [0.2, 0.25) is 5.91 Å². The number of aromatic nitrogens is 2. The van der Waals surface area contributed by atoms with Gasteiger partial charge in [0, 0.05) is 26.2 Å². The fourth-order valence-electron chi connectivity index (χ4n) is 3.61. The van der Waals surface area contributed by atoms with Crippen LogP contribution in [0, 0.1) is 0 Å². The van der Waals surface area contributed by atoms with E-state index < -0.39 is 0 Å². The Morgan fingerprint density at radius 1 is 1.15 bits per heavy atom. The summed E-state index contributed by atoms with van der Waals surface area (Å²) < 4.78 is 2.14. The van der Waals surface area contributed by atoms with Gasteiger partial charge in [-0.1, -0.05) is 42.5 Å². The molecular weight excluding hydrogens is 338 g/mol. The van der Waals surface area contributed by atoms with Crippen LogP contribution in [0.5, 0.6) is 0 Å². The molecule has 1 aromatic heterocycles. The monoisotopic (exact) mass is 363 g/mol. The fourth-order valence-corrected chi connectivity index (χ4v) is 3.61. The number of carbonyl (C=O) groups is 1. The van der Waals surface area contributed by atoms with Gasteiger partial charge in [-0.25, -0.2) is 10.4 Å². The number of para-hydroxylation sites is 2. The van der Waals surface area contributed by atoms with Crippen molar-refractivity contribution in [1.29, 1.82) is 0 Å². The summed E-state index contributed by atoms with van der Waals surface area (Å²) in [6.07, 6.45) is 3.50.